The average molecular weight is 303 g/mol. The minimum atomic E-state index is 0.170. The fourth-order valence-electron chi connectivity index (χ4n) is 4.33. The minimum absolute atomic E-state index is 0.170. The molecule has 0 N–H and O–H groups in total. The Kier molecular flexibility index (Phi) is 3.13. The molecule has 1 saturated carbocycles. The lowest BCUT2D eigenvalue weighted by Crippen LogP contribution is -2.65. The van der Waals surface area contributed by atoms with Crippen molar-refractivity contribution in [3.05, 3.63) is 24.5 Å². The highest BCUT2D eigenvalue weighted by molar-refractivity contribution is 5.51. The number of hydrogen-bond acceptors (Lipinski definition) is 6. The summed E-state index contributed by atoms with van der Waals surface area (Å²) >= 11 is 0. The van der Waals surface area contributed by atoms with Crippen molar-refractivity contribution in [3.8, 4) is 11.4 Å². The largest absolute Gasteiger partial charge is 0.472 e. The lowest BCUT2D eigenvalue weighted by atomic mass is 9.57. The van der Waals surface area contributed by atoms with E-state index in [-0.39, 0.29) is 5.41 Å². The average Bonchev–Trinajstić information content (AvgIpc) is 3.17. The van der Waals surface area contributed by atoms with Gasteiger partial charge in [0.05, 0.1) is 24.5 Å². The number of nitrogens with zero attached hydrogens (tertiary/aromatic N) is 3. The summed E-state index contributed by atoms with van der Waals surface area (Å²) in [5, 5.41) is 4.02. The van der Waals surface area contributed by atoms with E-state index in [1.54, 1.807) is 12.5 Å². The minimum Gasteiger partial charge on any atom is -0.472 e. The molecule has 1 saturated heterocycles. The van der Waals surface area contributed by atoms with Crippen LogP contribution < -0.4 is 0 Å². The summed E-state index contributed by atoms with van der Waals surface area (Å²) in [6, 6.07) is 2.32. The van der Waals surface area contributed by atoms with Crippen LogP contribution in [0.3, 0.4) is 0 Å². The van der Waals surface area contributed by atoms with Crippen molar-refractivity contribution in [2.24, 2.45) is 11.3 Å². The molecule has 0 unspecified atom stereocenters. The van der Waals surface area contributed by atoms with Gasteiger partial charge in [-0.1, -0.05) is 19.0 Å². The van der Waals surface area contributed by atoms with Crippen molar-refractivity contribution in [1.82, 2.24) is 15.0 Å². The molecule has 6 nitrogen and oxygen atoms in total. The van der Waals surface area contributed by atoms with Crippen LogP contribution in [-0.2, 0) is 11.3 Å². The van der Waals surface area contributed by atoms with Gasteiger partial charge in [-0.15, -0.1) is 0 Å². The summed E-state index contributed by atoms with van der Waals surface area (Å²) in [6.45, 7) is 6.10. The van der Waals surface area contributed by atoms with Gasteiger partial charge < -0.3 is 13.7 Å². The van der Waals surface area contributed by atoms with Gasteiger partial charge in [-0.3, -0.25) is 4.90 Å². The Morgan fingerprint density at radius 1 is 1.41 bits per heavy atom. The number of aromatic nitrogens is 2. The summed E-state index contributed by atoms with van der Waals surface area (Å²) < 4.78 is 16.3. The first-order valence-electron chi connectivity index (χ1n) is 7.74. The van der Waals surface area contributed by atoms with Crippen molar-refractivity contribution >= 4 is 0 Å². The number of fused-ring (bicyclic) bond motifs is 1. The van der Waals surface area contributed by atoms with Gasteiger partial charge in [0, 0.05) is 24.0 Å². The fraction of sp³-hybridized carbons (Fsp3) is 0.625. The van der Waals surface area contributed by atoms with Crippen LogP contribution in [0.1, 0.15) is 26.2 Å². The third kappa shape index (κ3) is 2.01. The summed E-state index contributed by atoms with van der Waals surface area (Å²) in [6.07, 6.45) is 4.76. The van der Waals surface area contributed by atoms with E-state index in [1.165, 1.54) is 0 Å². The molecule has 6 heteroatoms. The van der Waals surface area contributed by atoms with Crippen LogP contribution in [0, 0.1) is 11.3 Å². The van der Waals surface area contributed by atoms with Crippen LogP contribution in [0.5, 0.6) is 0 Å². The van der Waals surface area contributed by atoms with E-state index in [9.17, 15) is 0 Å². The van der Waals surface area contributed by atoms with E-state index in [0.29, 0.717) is 36.3 Å². The molecule has 0 aromatic carbocycles. The first kappa shape index (κ1) is 14.0. The topological polar surface area (TPSA) is 64.5 Å². The molecule has 2 fully saturated rings. The SMILES string of the molecule is CN(Cc1nc(-c2ccoc2)no1)[C@@H]1[C@H]2CCO[C@@H]2C1(C)C. The maximum absolute atomic E-state index is 5.86. The molecule has 0 amide bonds. The molecular weight excluding hydrogens is 282 g/mol. The van der Waals surface area contributed by atoms with Crippen LogP contribution in [0.25, 0.3) is 11.4 Å². The van der Waals surface area contributed by atoms with Crippen LogP contribution in [0.2, 0.25) is 0 Å². The van der Waals surface area contributed by atoms with Crippen LogP contribution >= 0.6 is 0 Å². The second kappa shape index (κ2) is 4.93. The normalized spacial score (nSPS) is 29.5. The maximum atomic E-state index is 5.86. The summed E-state index contributed by atoms with van der Waals surface area (Å²) in [4.78, 5) is 6.78. The van der Waals surface area contributed by atoms with Crippen molar-refractivity contribution in [2.75, 3.05) is 13.7 Å². The molecule has 0 radical (unpaired) electrons. The summed E-state index contributed by atoms with van der Waals surface area (Å²) in [5.41, 5.74) is 1.01. The van der Waals surface area contributed by atoms with Crippen LogP contribution in [0.4, 0.5) is 0 Å². The van der Waals surface area contributed by atoms with Crippen molar-refractivity contribution < 1.29 is 13.7 Å². The predicted octanol–water partition coefficient (Wildman–Crippen LogP) is 2.57. The lowest BCUT2D eigenvalue weighted by Gasteiger charge is -2.57. The highest BCUT2D eigenvalue weighted by Crippen LogP contribution is 2.54. The van der Waals surface area contributed by atoms with Crippen molar-refractivity contribution in [3.63, 3.8) is 0 Å². The van der Waals surface area contributed by atoms with Crippen LogP contribution in [-0.4, -0.2) is 40.8 Å². The Balaban J connectivity index is 1.47. The van der Waals surface area contributed by atoms with Gasteiger partial charge in [-0.2, -0.15) is 4.98 Å². The molecule has 0 spiro atoms. The molecular formula is C16H21N3O3. The van der Waals surface area contributed by atoms with Gasteiger partial charge in [0.25, 0.3) is 0 Å². The van der Waals surface area contributed by atoms with Gasteiger partial charge in [0.15, 0.2) is 0 Å². The van der Waals surface area contributed by atoms with Gasteiger partial charge >= 0.3 is 0 Å². The molecule has 4 rings (SSSR count). The Morgan fingerprint density at radius 3 is 3.05 bits per heavy atom. The Morgan fingerprint density at radius 2 is 2.27 bits per heavy atom. The molecule has 3 atom stereocenters. The monoisotopic (exact) mass is 303 g/mol. The van der Waals surface area contributed by atoms with E-state index < -0.39 is 0 Å². The standard InChI is InChI=1S/C16H21N3O3/c1-16(2)13(11-5-7-21-14(11)16)19(3)8-12-17-15(18-22-12)10-4-6-20-9-10/h4,6,9,11,13-14H,5,7-8H2,1-3H3/t11-,13-,14+/m1/s1. The molecule has 2 aliphatic rings. The highest BCUT2D eigenvalue weighted by Gasteiger charge is 2.60. The van der Waals surface area contributed by atoms with E-state index in [0.717, 1.165) is 18.6 Å². The van der Waals surface area contributed by atoms with Crippen LogP contribution in [0.15, 0.2) is 27.5 Å². The Bertz CT molecular complexity index is 649. The molecule has 2 aromatic heterocycles. The second-order valence-electron chi connectivity index (χ2n) is 6.95. The van der Waals surface area contributed by atoms with E-state index in [1.807, 2.05) is 6.07 Å². The third-order valence-electron chi connectivity index (χ3n) is 5.15. The number of rotatable bonds is 4. The molecule has 22 heavy (non-hydrogen) atoms. The third-order valence-corrected chi connectivity index (χ3v) is 5.15. The first-order chi connectivity index (χ1) is 10.6. The Hall–Kier alpha value is -1.66. The molecule has 1 aliphatic heterocycles. The predicted molar refractivity (Wildman–Crippen MR) is 78.9 cm³/mol. The second-order valence-corrected chi connectivity index (χ2v) is 6.95. The zero-order valence-electron chi connectivity index (χ0n) is 13.2. The van der Waals surface area contributed by atoms with Gasteiger partial charge in [-0.05, 0) is 19.5 Å². The van der Waals surface area contributed by atoms with Crippen molar-refractivity contribution in [1.29, 1.82) is 0 Å². The van der Waals surface area contributed by atoms with E-state index >= 15 is 0 Å². The Labute approximate surface area is 129 Å². The fourth-order valence-corrected chi connectivity index (χ4v) is 4.33. The van der Waals surface area contributed by atoms with Gasteiger partial charge in [0.1, 0.15) is 6.26 Å². The summed E-state index contributed by atoms with van der Waals surface area (Å²) in [5.74, 6) is 1.83. The first-order valence-corrected chi connectivity index (χ1v) is 7.74. The van der Waals surface area contributed by atoms with E-state index in [2.05, 4.69) is 35.9 Å². The number of furan rings is 1. The quantitative estimate of drug-likeness (QED) is 0.865. The van der Waals surface area contributed by atoms with Crippen molar-refractivity contribution in [2.45, 2.75) is 39.0 Å². The number of ether oxygens (including phenoxy) is 1. The van der Waals surface area contributed by atoms with Gasteiger partial charge in [-0.25, -0.2) is 0 Å². The van der Waals surface area contributed by atoms with E-state index in [4.69, 9.17) is 13.7 Å². The highest BCUT2D eigenvalue weighted by atomic mass is 16.5. The lowest BCUT2D eigenvalue weighted by molar-refractivity contribution is -0.152. The maximum Gasteiger partial charge on any atom is 0.241 e. The molecule has 0 bridgehead atoms. The molecule has 118 valence electrons. The van der Waals surface area contributed by atoms with Gasteiger partial charge in [0.2, 0.25) is 11.7 Å². The zero-order chi connectivity index (χ0) is 15.3. The smallest absolute Gasteiger partial charge is 0.241 e. The molecule has 3 heterocycles. The number of hydrogen-bond donors (Lipinski definition) is 0. The summed E-state index contributed by atoms with van der Waals surface area (Å²) in [7, 11) is 2.13. The molecule has 2 aromatic rings. The molecule has 1 aliphatic carbocycles. The zero-order valence-corrected chi connectivity index (χ0v) is 13.2.